The number of hydrogen-bond donors (Lipinski definition) is 3. The second-order valence-corrected chi connectivity index (χ2v) is 6.60. The highest BCUT2D eigenvalue weighted by molar-refractivity contribution is 7.12. The van der Waals surface area contributed by atoms with Crippen LogP contribution in [0, 0.1) is 0 Å². The molecule has 2 aromatic heterocycles. The number of carbonyl (C=O) groups is 3. The predicted molar refractivity (Wildman–Crippen MR) is 99.8 cm³/mol. The van der Waals surface area contributed by atoms with Gasteiger partial charge in [-0.05, 0) is 17.5 Å². The maximum atomic E-state index is 12.3. The Hall–Kier alpha value is -3.13. The number of aryl methyl sites for hydroxylation is 1. The lowest BCUT2D eigenvalue weighted by Crippen LogP contribution is -2.42. The van der Waals surface area contributed by atoms with E-state index in [4.69, 9.17) is 0 Å². The number of nitrogens with zero attached hydrogens (tertiary/aromatic N) is 1. The van der Waals surface area contributed by atoms with Gasteiger partial charge in [0.25, 0.3) is 11.8 Å². The zero-order chi connectivity index (χ0) is 18.5. The van der Waals surface area contributed by atoms with Gasteiger partial charge < -0.3 is 9.88 Å². The number of amides is 3. The Morgan fingerprint density at radius 3 is 2.62 bits per heavy atom. The van der Waals surface area contributed by atoms with Crippen molar-refractivity contribution in [1.82, 2.24) is 20.7 Å². The Kier molecular flexibility index (Phi) is 5.33. The highest BCUT2D eigenvalue weighted by atomic mass is 32.1. The maximum Gasteiger partial charge on any atom is 0.271 e. The number of nitrogens with one attached hydrogen (secondary N) is 3. The molecule has 134 valence electrons. The van der Waals surface area contributed by atoms with Crippen LogP contribution in [0.15, 0.2) is 48.0 Å². The van der Waals surface area contributed by atoms with E-state index < -0.39 is 5.91 Å². The molecule has 0 fully saturated rings. The molecule has 0 unspecified atom stereocenters. The summed E-state index contributed by atoms with van der Waals surface area (Å²) in [6, 6.07) is 11.0. The van der Waals surface area contributed by atoms with Crippen LogP contribution in [0.25, 0.3) is 10.9 Å². The molecule has 2 heterocycles. The second kappa shape index (κ2) is 7.83. The molecule has 0 radical (unpaired) electrons. The fourth-order valence-corrected chi connectivity index (χ4v) is 3.20. The van der Waals surface area contributed by atoms with E-state index >= 15 is 0 Å². The van der Waals surface area contributed by atoms with Gasteiger partial charge in [-0.1, -0.05) is 24.3 Å². The van der Waals surface area contributed by atoms with Crippen LogP contribution >= 0.6 is 11.3 Å². The van der Waals surface area contributed by atoms with Crippen LogP contribution in [0.1, 0.15) is 26.5 Å². The van der Waals surface area contributed by atoms with Crippen molar-refractivity contribution in [2.45, 2.75) is 6.42 Å². The molecule has 0 atom stereocenters. The van der Waals surface area contributed by atoms with Gasteiger partial charge >= 0.3 is 0 Å². The van der Waals surface area contributed by atoms with Gasteiger partial charge in [0.05, 0.1) is 10.4 Å². The van der Waals surface area contributed by atoms with Crippen LogP contribution in [0.3, 0.4) is 0 Å². The summed E-state index contributed by atoms with van der Waals surface area (Å²) in [5, 5.41) is 5.28. The summed E-state index contributed by atoms with van der Waals surface area (Å²) < 4.78 is 1.85. The molecule has 0 saturated heterocycles. The summed E-state index contributed by atoms with van der Waals surface area (Å²) in [6.07, 6.45) is 1.78. The van der Waals surface area contributed by atoms with Crippen LogP contribution in [-0.2, 0) is 11.8 Å². The van der Waals surface area contributed by atoms with Gasteiger partial charge in [0, 0.05) is 37.1 Å². The van der Waals surface area contributed by atoms with Crippen LogP contribution in [0.4, 0.5) is 0 Å². The van der Waals surface area contributed by atoms with Gasteiger partial charge in [-0.15, -0.1) is 11.3 Å². The Labute approximate surface area is 154 Å². The Morgan fingerprint density at radius 2 is 1.85 bits per heavy atom. The van der Waals surface area contributed by atoms with Crippen LogP contribution in [0.2, 0.25) is 0 Å². The number of hydrazine groups is 1. The molecule has 0 bridgehead atoms. The number of rotatable bonds is 5. The van der Waals surface area contributed by atoms with Crippen molar-refractivity contribution in [3.8, 4) is 0 Å². The normalized spacial score (nSPS) is 10.5. The molecule has 0 spiro atoms. The molecule has 3 rings (SSSR count). The fraction of sp³-hybridized carbons (Fsp3) is 0.167. The molecule has 26 heavy (non-hydrogen) atoms. The summed E-state index contributed by atoms with van der Waals surface area (Å²) in [5.41, 5.74) is 6.19. The van der Waals surface area contributed by atoms with Crippen molar-refractivity contribution >= 4 is 40.0 Å². The lowest BCUT2D eigenvalue weighted by atomic mass is 10.2. The number of para-hydroxylation sites is 1. The third-order valence-corrected chi connectivity index (χ3v) is 4.71. The van der Waals surface area contributed by atoms with Crippen molar-refractivity contribution in [3.63, 3.8) is 0 Å². The van der Waals surface area contributed by atoms with E-state index in [-0.39, 0.29) is 24.8 Å². The summed E-state index contributed by atoms with van der Waals surface area (Å²) in [5.74, 6) is -0.990. The number of hydrogen-bond acceptors (Lipinski definition) is 4. The number of carbonyl (C=O) groups excluding carboxylic acids is 3. The molecule has 0 aliphatic carbocycles. The largest absolute Gasteiger partial charge is 0.351 e. The number of aromatic nitrogens is 1. The van der Waals surface area contributed by atoms with E-state index in [1.54, 1.807) is 18.3 Å². The van der Waals surface area contributed by atoms with E-state index in [1.807, 2.05) is 41.3 Å². The first-order chi connectivity index (χ1) is 12.6. The lowest BCUT2D eigenvalue weighted by Gasteiger charge is -2.07. The summed E-state index contributed by atoms with van der Waals surface area (Å²) in [4.78, 5) is 36.5. The molecular formula is C18H18N4O3S. The molecule has 3 amide bonds. The first-order valence-electron chi connectivity index (χ1n) is 8.01. The molecule has 8 heteroatoms. The first kappa shape index (κ1) is 17.7. The third kappa shape index (κ3) is 3.92. The highest BCUT2D eigenvalue weighted by Crippen LogP contribution is 2.19. The summed E-state index contributed by atoms with van der Waals surface area (Å²) in [6.45, 7) is 0.187. The zero-order valence-electron chi connectivity index (χ0n) is 14.1. The minimum absolute atomic E-state index is 0.0624. The average Bonchev–Trinajstić information content (AvgIpc) is 3.29. The quantitative estimate of drug-likeness (QED) is 0.598. The fourth-order valence-electron chi connectivity index (χ4n) is 2.56. The van der Waals surface area contributed by atoms with E-state index in [1.165, 1.54) is 11.3 Å². The molecule has 0 aliphatic rings. The molecule has 3 N–H and O–H groups in total. The second-order valence-electron chi connectivity index (χ2n) is 5.66. The Balaban J connectivity index is 1.48. The third-order valence-electron chi connectivity index (χ3n) is 3.84. The lowest BCUT2D eigenvalue weighted by molar-refractivity contribution is -0.121. The van der Waals surface area contributed by atoms with E-state index in [0.29, 0.717) is 10.4 Å². The number of benzene rings is 1. The molecule has 0 saturated carbocycles. The predicted octanol–water partition coefficient (Wildman–Crippen LogP) is 1.82. The monoisotopic (exact) mass is 370 g/mol. The van der Waals surface area contributed by atoms with Crippen molar-refractivity contribution in [1.29, 1.82) is 0 Å². The molecule has 1 aromatic carbocycles. The van der Waals surface area contributed by atoms with Crippen LogP contribution < -0.4 is 16.2 Å². The van der Waals surface area contributed by atoms with Gasteiger partial charge in [0.15, 0.2) is 0 Å². The molecule has 0 aliphatic heterocycles. The van der Waals surface area contributed by atoms with Crippen molar-refractivity contribution in [2.24, 2.45) is 7.05 Å². The number of thiophene rings is 1. The smallest absolute Gasteiger partial charge is 0.271 e. The van der Waals surface area contributed by atoms with Crippen molar-refractivity contribution in [3.05, 3.63) is 58.4 Å². The molecule has 3 aromatic rings. The van der Waals surface area contributed by atoms with E-state index in [9.17, 15) is 14.4 Å². The zero-order valence-corrected chi connectivity index (χ0v) is 14.9. The summed E-state index contributed by atoms with van der Waals surface area (Å²) >= 11 is 1.33. The topological polar surface area (TPSA) is 92.2 Å². The summed E-state index contributed by atoms with van der Waals surface area (Å²) in [7, 11) is 1.86. The van der Waals surface area contributed by atoms with E-state index in [2.05, 4.69) is 16.2 Å². The average molecular weight is 370 g/mol. The minimum atomic E-state index is -0.391. The Morgan fingerprint density at radius 1 is 1.04 bits per heavy atom. The van der Waals surface area contributed by atoms with Crippen molar-refractivity contribution < 1.29 is 14.4 Å². The molecular weight excluding hydrogens is 352 g/mol. The van der Waals surface area contributed by atoms with Gasteiger partial charge in [0.1, 0.15) is 0 Å². The van der Waals surface area contributed by atoms with Gasteiger partial charge in [0.2, 0.25) is 5.91 Å². The Bertz CT molecular complexity index is 947. The van der Waals surface area contributed by atoms with Gasteiger partial charge in [-0.3, -0.25) is 25.2 Å². The molecule has 7 nitrogen and oxygen atoms in total. The van der Waals surface area contributed by atoms with Gasteiger partial charge in [-0.25, -0.2) is 0 Å². The van der Waals surface area contributed by atoms with Crippen LogP contribution in [0.5, 0.6) is 0 Å². The minimum Gasteiger partial charge on any atom is -0.351 e. The standard InChI is InChI=1S/C18H18N4O3S/c1-22-11-13(12-5-2-3-6-14(12)22)17(24)21-20-16(23)8-9-19-18(25)15-7-4-10-26-15/h2-7,10-11H,8-9H2,1H3,(H,19,25)(H,20,23)(H,21,24). The van der Waals surface area contributed by atoms with Gasteiger partial charge in [-0.2, -0.15) is 0 Å². The SMILES string of the molecule is Cn1cc(C(=O)NNC(=O)CCNC(=O)c2cccs2)c2ccccc21. The van der Waals surface area contributed by atoms with Crippen molar-refractivity contribution in [2.75, 3.05) is 6.54 Å². The van der Waals surface area contributed by atoms with Crippen LogP contribution in [-0.4, -0.2) is 28.8 Å². The highest BCUT2D eigenvalue weighted by Gasteiger charge is 2.14. The maximum absolute atomic E-state index is 12.3. The van der Waals surface area contributed by atoms with E-state index in [0.717, 1.165) is 10.9 Å². The number of fused-ring (bicyclic) bond motifs is 1. The first-order valence-corrected chi connectivity index (χ1v) is 8.89.